The van der Waals surface area contributed by atoms with E-state index in [0.29, 0.717) is 12.0 Å². The third-order valence-electron chi connectivity index (χ3n) is 5.53. The third kappa shape index (κ3) is 4.48. The molecule has 0 amide bonds. The molecule has 2 saturated heterocycles. The lowest BCUT2D eigenvalue weighted by Gasteiger charge is -2.46. The third-order valence-corrected chi connectivity index (χ3v) is 5.53. The number of hydrogen-bond acceptors (Lipinski definition) is 2. The number of allylic oxidation sites excluding steroid dienone is 1. The average Bonchev–Trinajstić information content (AvgIpc) is 2.47. The van der Waals surface area contributed by atoms with Gasteiger partial charge < -0.3 is 4.90 Å². The molecule has 0 aliphatic carbocycles. The summed E-state index contributed by atoms with van der Waals surface area (Å²) in [5.41, 5.74) is 1.39. The van der Waals surface area contributed by atoms with Gasteiger partial charge in [0.25, 0.3) is 0 Å². The predicted octanol–water partition coefficient (Wildman–Crippen LogP) is 4.52. The quantitative estimate of drug-likeness (QED) is 0.735. The molecule has 2 aliphatic heterocycles. The summed E-state index contributed by atoms with van der Waals surface area (Å²) in [7, 11) is 0. The summed E-state index contributed by atoms with van der Waals surface area (Å²) in [6.45, 7) is 17.7. The van der Waals surface area contributed by atoms with E-state index < -0.39 is 0 Å². The standard InChI is InChI=1S/C19H36N2/c1-15(2)13-16(3)18(5)21-14-19(10-9-17(21)4)20-11-7-6-8-12-20/h15-17,19H,5-14H2,1-4H3. The van der Waals surface area contributed by atoms with Crippen molar-refractivity contribution in [2.75, 3.05) is 19.6 Å². The molecule has 0 bridgehead atoms. The second-order valence-corrected chi connectivity index (χ2v) is 7.85. The van der Waals surface area contributed by atoms with E-state index in [-0.39, 0.29) is 0 Å². The Hall–Kier alpha value is -0.500. The van der Waals surface area contributed by atoms with Gasteiger partial charge in [-0.2, -0.15) is 0 Å². The maximum Gasteiger partial charge on any atom is 0.0334 e. The van der Waals surface area contributed by atoms with E-state index >= 15 is 0 Å². The lowest BCUT2D eigenvalue weighted by molar-refractivity contribution is 0.0679. The van der Waals surface area contributed by atoms with Crippen LogP contribution in [0, 0.1) is 11.8 Å². The van der Waals surface area contributed by atoms with Crippen LogP contribution in [-0.4, -0.2) is 41.5 Å². The van der Waals surface area contributed by atoms with Gasteiger partial charge in [0.2, 0.25) is 0 Å². The maximum absolute atomic E-state index is 4.47. The van der Waals surface area contributed by atoms with Crippen molar-refractivity contribution in [1.82, 2.24) is 9.80 Å². The lowest BCUT2D eigenvalue weighted by atomic mass is 9.91. The van der Waals surface area contributed by atoms with Gasteiger partial charge in [-0.3, -0.25) is 4.90 Å². The summed E-state index contributed by atoms with van der Waals surface area (Å²) >= 11 is 0. The van der Waals surface area contributed by atoms with Crippen LogP contribution >= 0.6 is 0 Å². The molecule has 2 fully saturated rings. The smallest absolute Gasteiger partial charge is 0.0334 e. The summed E-state index contributed by atoms with van der Waals surface area (Å²) in [6, 6.07) is 1.44. The Labute approximate surface area is 132 Å². The molecule has 0 aromatic heterocycles. The molecule has 2 nitrogen and oxygen atoms in total. The second kappa shape index (κ2) is 7.67. The van der Waals surface area contributed by atoms with Gasteiger partial charge in [0.1, 0.15) is 0 Å². The SMILES string of the molecule is C=C(C(C)CC(C)C)N1CC(N2CCCCC2)CCC1C. The van der Waals surface area contributed by atoms with E-state index in [2.05, 4.69) is 44.1 Å². The van der Waals surface area contributed by atoms with Crippen molar-refractivity contribution in [3.05, 3.63) is 12.3 Å². The fraction of sp³-hybridized carbons (Fsp3) is 0.895. The highest BCUT2D eigenvalue weighted by molar-refractivity contribution is 5.04. The molecule has 3 atom stereocenters. The molecule has 0 aromatic carbocycles. The van der Waals surface area contributed by atoms with Crippen molar-refractivity contribution in [2.24, 2.45) is 11.8 Å². The van der Waals surface area contributed by atoms with E-state index in [1.807, 2.05) is 0 Å². The Morgan fingerprint density at radius 2 is 1.76 bits per heavy atom. The van der Waals surface area contributed by atoms with Gasteiger partial charge in [-0.25, -0.2) is 0 Å². The molecule has 2 aliphatic rings. The molecule has 0 radical (unpaired) electrons. The summed E-state index contributed by atoms with van der Waals surface area (Å²) in [5.74, 6) is 1.38. The summed E-state index contributed by atoms with van der Waals surface area (Å²) in [6.07, 6.45) is 8.20. The van der Waals surface area contributed by atoms with Crippen LogP contribution in [0.4, 0.5) is 0 Å². The minimum Gasteiger partial charge on any atom is -0.371 e. The monoisotopic (exact) mass is 292 g/mol. The molecule has 0 spiro atoms. The predicted molar refractivity (Wildman–Crippen MR) is 92.4 cm³/mol. The first-order chi connectivity index (χ1) is 9.99. The molecule has 0 N–H and O–H groups in total. The van der Waals surface area contributed by atoms with Crippen LogP contribution in [-0.2, 0) is 0 Å². The summed E-state index contributed by atoms with van der Waals surface area (Å²) in [5, 5.41) is 0. The molecule has 2 rings (SSSR count). The fourth-order valence-electron chi connectivity index (χ4n) is 4.20. The highest BCUT2D eigenvalue weighted by Crippen LogP contribution is 2.30. The Morgan fingerprint density at radius 3 is 2.38 bits per heavy atom. The van der Waals surface area contributed by atoms with E-state index in [0.717, 1.165) is 12.0 Å². The number of hydrogen-bond donors (Lipinski definition) is 0. The minimum atomic E-state index is 0.618. The van der Waals surface area contributed by atoms with Crippen LogP contribution in [0.3, 0.4) is 0 Å². The first-order valence-corrected chi connectivity index (χ1v) is 9.18. The molecular formula is C19H36N2. The molecule has 2 heterocycles. The molecule has 21 heavy (non-hydrogen) atoms. The van der Waals surface area contributed by atoms with Gasteiger partial charge in [-0.15, -0.1) is 0 Å². The highest BCUT2D eigenvalue weighted by Gasteiger charge is 2.31. The summed E-state index contributed by atoms with van der Waals surface area (Å²) < 4.78 is 0. The number of piperidine rings is 2. The van der Waals surface area contributed by atoms with Crippen molar-refractivity contribution in [2.45, 2.75) is 78.3 Å². The zero-order valence-electron chi connectivity index (χ0n) is 14.8. The number of rotatable bonds is 5. The van der Waals surface area contributed by atoms with Gasteiger partial charge in [-0.05, 0) is 64.0 Å². The van der Waals surface area contributed by atoms with Crippen LogP contribution in [0.25, 0.3) is 0 Å². The molecule has 0 aromatic rings. The van der Waals surface area contributed by atoms with Crippen molar-refractivity contribution >= 4 is 0 Å². The number of likely N-dealkylation sites (tertiary alicyclic amines) is 2. The largest absolute Gasteiger partial charge is 0.371 e. The molecule has 3 unspecified atom stereocenters. The first-order valence-electron chi connectivity index (χ1n) is 9.18. The topological polar surface area (TPSA) is 6.48 Å². The zero-order valence-corrected chi connectivity index (χ0v) is 14.8. The minimum absolute atomic E-state index is 0.618. The lowest BCUT2D eigenvalue weighted by Crippen LogP contribution is -2.52. The second-order valence-electron chi connectivity index (χ2n) is 7.85. The Bertz CT molecular complexity index is 330. The van der Waals surface area contributed by atoms with Crippen molar-refractivity contribution in [3.63, 3.8) is 0 Å². The van der Waals surface area contributed by atoms with E-state index in [9.17, 15) is 0 Å². The van der Waals surface area contributed by atoms with E-state index in [1.54, 1.807) is 0 Å². The summed E-state index contributed by atoms with van der Waals surface area (Å²) in [4.78, 5) is 5.39. The number of nitrogens with zero attached hydrogens (tertiary/aromatic N) is 2. The normalized spacial score (nSPS) is 29.7. The van der Waals surface area contributed by atoms with Gasteiger partial charge in [-0.1, -0.05) is 33.8 Å². The van der Waals surface area contributed by atoms with Crippen LogP contribution in [0.15, 0.2) is 12.3 Å². The zero-order chi connectivity index (χ0) is 15.4. The Kier molecular flexibility index (Phi) is 6.16. The van der Waals surface area contributed by atoms with Gasteiger partial charge in [0.05, 0.1) is 0 Å². The van der Waals surface area contributed by atoms with Gasteiger partial charge in [0, 0.05) is 24.3 Å². The van der Waals surface area contributed by atoms with E-state index in [1.165, 1.54) is 63.9 Å². The van der Waals surface area contributed by atoms with Crippen molar-refractivity contribution in [3.8, 4) is 0 Å². The molecular weight excluding hydrogens is 256 g/mol. The van der Waals surface area contributed by atoms with Crippen LogP contribution in [0.5, 0.6) is 0 Å². The van der Waals surface area contributed by atoms with E-state index in [4.69, 9.17) is 0 Å². The molecule has 122 valence electrons. The van der Waals surface area contributed by atoms with Crippen molar-refractivity contribution in [1.29, 1.82) is 0 Å². The fourth-order valence-corrected chi connectivity index (χ4v) is 4.20. The average molecular weight is 293 g/mol. The highest BCUT2D eigenvalue weighted by atomic mass is 15.3. The Balaban J connectivity index is 1.95. The van der Waals surface area contributed by atoms with Gasteiger partial charge in [0.15, 0.2) is 0 Å². The first kappa shape index (κ1) is 16.9. The molecule has 0 saturated carbocycles. The molecule has 2 heteroatoms. The van der Waals surface area contributed by atoms with Crippen LogP contribution < -0.4 is 0 Å². The van der Waals surface area contributed by atoms with Crippen molar-refractivity contribution < 1.29 is 0 Å². The Morgan fingerprint density at radius 1 is 1.10 bits per heavy atom. The van der Waals surface area contributed by atoms with Gasteiger partial charge >= 0.3 is 0 Å². The maximum atomic E-state index is 4.47. The van der Waals surface area contributed by atoms with Crippen LogP contribution in [0.2, 0.25) is 0 Å². The van der Waals surface area contributed by atoms with Crippen LogP contribution in [0.1, 0.15) is 66.2 Å².